The first-order valence-electron chi connectivity index (χ1n) is 11.2. The average molecular weight is 442 g/mol. The Morgan fingerprint density at radius 1 is 1.25 bits per heavy atom. The number of piperidine rings is 2. The molecule has 8 nitrogen and oxygen atoms in total. The summed E-state index contributed by atoms with van der Waals surface area (Å²) in [5.41, 5.74) is 0.858. The van der Waals surface area contributed by atoms with Crippen molar-refractivity contribution in [1.82, 2.24) is 24.3 Å². The van der Waals surface area contributed by atoms with Crippen LogP contribution in [0.4, 0.5) is 4.39 Å². The number of aromatic nitrogens is 3. The van der Waals surface area contributed by atoms with Crippen molar-refractivity contribution in [3.05, 3.63) is 42.5 Å². The fourth-order valence-electron chi connectivity index (χ4n) is 4.91. The highest BCUT2D eigenvalue weighted by Gasteiger charge is 2.45. The van der Waals surface area contributed by atoms with Crippen molar-refractivity contribution < 1.29 is 18.3 Å². The predicted octanol–water partition coefficient (Wildman–Crippen LogP) is 3.20. The number of carbonyl (C=O) groups is 1. The number of alkyl halides is 1. The number of fused-ring (bicyclic) bond motifs is 1. The number of hydrogen-bond acceptors (Lipinski definition) is 6. The molecule has 3 aromatic heterocycles. The van der Waals surface area contributed by atoms with Gasteiger partial charge in [-0.2, -0.15) is 4.98 Å². The first-order valence-corrected chi connectivity index (χ1v) is 11.2. The van der Waals surface area contributed by atoms with E-state index in [4.69, 9.17) is 9.15 Å². The fourth-order valence-corrected chi connectivity index (χ4v) is 4.91. The van der Waals surface area contributed by atoms with Crippen LogP contribution in [0.25, 0.3) is 11.2 Å². The topological polar surface area (TPSA) is 76.6 Å². The molecular formula is C23H28FN5O3. The van der Waals surface area contributed by atoms with E-state index in [0.717, 1.165) is 23.3 Å². The van der Waals surface area contributed by atoms with Gasteiger partial charge in [0.1, 0.15) is 5.52 Å². The van der Waals surface area contributed by atoms with Crippen molar-refractivity contribution >= 4 is 17.1 Å². The number of methoxy groups -OCH3 is 1. The summed E-state index contributed by atoms with van der Waals surface area (Å²) >= 11 is 0. The van der Waals surface area contributed by atoms with Gasteiger partial charge in [-0.1, -0.05) is 0 Å². The molecule has 0 spiro atoms. The van der Waals surface area contributed by atoms with Crippen molar-refractivity contribution in [2.75, 3.05) is 33.3 Å². The molecule has 9 heteroatoms. The van der Waals surface area contributed by atoms with Gasteiger partial charge in [0.15, 0.2) is 11.3 Å². The van der Waals surface area contributed by atoms with Gasteiger partial charge < -0.3 is 14.1 Å². The van der Waals surface area contributed by atoms with Gasteiger partial charge in [0.05, 0.1) is 19.6 Å². The summed E-state index contributed by atoms with van der Waals surface area (Å²) in [7, 11) is 1.60. The zero-order valence-corrected chi connectivity index (χ0v) is 18.2. The highest BCUT2D eigenvalue weighted by atomic mass is 19.1. The summed E-state index contributed by atoms with van der Waals surface area (Å²) in [4.78, 5) is 25.9. The molecule has 0 bridgehead atoms. The van der Waals surface area contributed by atoms with Crippen LogP contribution in [0.1, 0.15) is 37.3 Å². The monoisotopic (exact) mass is 441 g/mol. The number of amides is 1. The number of ether oxygens (including phenoxy) is 1. The summed E-state index contributed by atoms with van der Waals surface area (Å²) in [5, 5.41) is 0. The number of furan rings is 1. The molecule has 2 aliphatic rings. The number of rotatable bonds is 5. The molecule has 0 unspecified atom stereocenters. The van der Waals surface area contributed by atoms with Crippen LogP contribution in [-0.4, -0.2) is 69.2 Å². The van der Waals surface area contributed by atoms with E-state index in [0.29, 0.717) is 45.0 Å². The van der Waals surface area contributed by atoms with Gasteiger partial charge in [0.25, 0.3) is 11.9 Å². The summed E-state index contributed by atoms with van der Waals surface area (Å²) in [6.07, 6.45) is 6.98. The second-order valence-electron chi connectivity index (χ2n) is 8.71. The van der Waals surface area contributed by atoms with Crippen molar-refractivity contribution in [3.63, 3.8) is 0 Å². The molecule has 2 saturated heterocycles. The van der Waals surface area contributed by atoms with Gasteiger partial charge in [-0.3, -0.25) is 14.3 Å². The molecule has 170 valence electrons. The molecule has 0 aliphatic carbocycles. The van der Waals surface area contributed by atoms with Crippen molar-refractivity contribution in [2.45, 2.75) is 43.9 Å². The van der Waals surface area contributed by atoms with Crippen molar-refractivity contribution in [3.8, 4) is 6.01 Å². The van der Waals surface area contributed by atoms with Gasteiger partial charge in [-0.05, 0) is 31.0 Å². The van der Waals surface area contributed by atoms with Crippen molar-refractivity contribution in [1.29, 1.82) is 0 Å². The van der Waals surface area contributed by atoms with Crippen LogP contribution in [-0.2, 0) is 11.3 Å². The molecule has 32 heavy (non-hydrogen) atoms. The van der Waals surface area contributed by atoms with E-state index in [1.807, 2.05) is 22.8 Å². The maximum Gasteiger partial charge on any atom is 0.298 e. The summed E-state index contributed by atoms with van der Waals surface area (Å²) in [6, 6.07) is 6.31. The number of likely N-dealkylation sites (tertiary alicyclic amines) is 2. The Bertz CT molecular complexity index is 1070. The lowest BCUT2D eigenvalue weighted by atomic mass is 9.90. The quantitative estimate of drug-likeness (QED) is 0.605. The van der Waals surface area contributed by atoms with E-state index in [-0.39, 0.29) is 24.8 Å². The van der Waals surface area contributed by atoms with Gasteiger partial charge in [-0.25, -0.2) is 9.37 Å². The molecule has 5 rings (SSSR count). The van der Waals surface area contributed by atoms with Crippen LogP contribution in [0, 0.1) is 0 Å². The first-order chi connectivity index (χ1) is 15.6. The van der Waals surface area contributed by atoms with Gasteiger partial charge >= 0.3 is 0 Å². The second kappa shape index (κ2) is 8.54. The maximum absolute atomic E-state index is 15.6. The number of pyridine rings is 1. The van der Waals surface area contributed by atoms with Gasteiger partial charge in [0, 0.05) is 63.4 Å². The van der Waals surface area contributed by atoms with E-state index in [1.54, 1.807) is 30.7 Å². The Balaban J connectivity index is 1.21. The zero-order chi connectivity index (χ0) is 22.1. The number of imidazole rings is 1. The van der Waals surface area contributed by atoms with Crippen LogP contribution in [0.5, 0.6) is 6.01 Å². The Hall–Kier alpha value is -2.94. The average Bonchev–Trinajstić information content (AvgIpc) is 3.47. The third kappa shape index (κ3) is 3.85. The Labute approximate surface area is 186 Å². The third-order valence-corrected chi connectivity index (χ3v) is 6.73. The van der Waals surface area contributed by atoms with Crippen LogP contribution in [0.15, 0.2) is 41.3 Å². The SMILES string of the molecule is COc1nc2cccnc2n1C1CCN(C(=O)C2(F)CCN(Cc3ccoc3)CC2)CC1. The molecule has 0 N–H and O–H groups in total. The number of halogens is 1. The second-order valence-corrected chi connectivity index (χ2v) is 8.71. The number of hydrogen-bond donors (Lipinski definition) is 0. The van der Waals surface area contributed by atoms with E-state index >= 15 is 4.39 Å². The lowest BCUT2D eigenvalue weighted by Gasteiger charge is -2.40. The van der Waals surface area contributed by atoms with E-state index in [1.165, 1.54) is 0 Å². The van der Waals surface area contributed by atoms with Crippen LogP contribution in [0.2, 0.25) is 0 Å². The van der Waals surface area contributed by atoms with Crippen molar-refractivity contribution in [2.24, 2.45) is 0 Å². The molecule has 0 radical (unpaired) electrons. The molecule has 2 fully saturated rings. The Morgan fingerprint density at radius 2 is 2.03 bits per heavy atom. The molecular weight excluding hydrogens is 413 g/mol. The largest absolute Gasteiger partial charge is 0.472 e. The predicted molar refractivity (Wildman–Crippen MR) is 116 cm³/mol. The number of nitrogens with zero attached hydrogens (tertiary/aromatic N) is 5. The molecule has 0 saturated carbocycles. The summed E-state index contributed by atoms with van der Waals surface area (Å²) in [5.74, 6) is -0.362. The van der Waals surface area contributed by atoms with E-state index in [9.17, 15) is 4.79 Å². The minimum Gasteiger partial charge on any atom is -0.472 e. The van der Waals surface area contributed by atoms with E-state index in [2.05, 4.69) is 14.9 Å². The standard InChI is InChI=1S/C23H28FN5O3/c1-31-22-26-19-3-2-9-25-20(19)29(22)18-4-10-28(11-5-18)21(30)23(24)7-12-27(13-8-23)15-17-6-14-32-16-17/h2-3,6,9,14,16,18H,4-5,7-8,10-13,15H2,1H3. The lowest BCUT2D eigenvalue weighted by Crippen LogP contribution is -2.53. The maximum atomic E-state index is 15.6. The Kier molecular flexibility index (Phi) is 5.58. The lowest BCUT2D eigenvalue weighted by molar-refractivity contribution is -0.148. The highest BCUT2D eigenvalue weighted by molar-refractivity contribution is 5.85. The smallest absolute Gasteiger partial charge is 0.298 e. The molecule has 3 aromatic rings. The van der Waals surface area contributed by atoms with Crippen LogP contribution >= 0.6 is 0 Å². The first kappa shape index (κ1) is 20.9. The highest BCUT2D eigenvalue weighted by Crippen LogP contribution is 2.34. The molecule has 1 amide bonds. The van der Waals surface area contributed by atoms with Crippen LogP contribution < -0.4 is 4.74 Å². The molecule has 0 atom stereocenters. The number of carbonyl (C=O) groups excluding carboxylic acids is 1. The minimum atomic E-state index is -1.78. The third-order valence-electron chi connectivity index (χ3n) is 6.73. The van der Waals surface area contributed by atoms with Crippen LogP contribution in [0.3, 0.4) is 0 Å². The summed E-state index contributed by atoms with van der Waals surface area (Å²) < 4.78 is 28.2. The molecule has 2 aliphatic heterocycles. The van der Waals surface area contributed by atoms with E-state index < -0.39 is 5.67 Å². The zero-order valence-electron chi connectivity index (χ0n) is 18.2. The fraction of sp³-hybridized carbons (Fsp3) is 0.522. The normalized spacial score (nSPS) is 20.0. The molecule has 0 aromatic carbocycles. The Morgan fingerprint density at radius 3 is 2.72 bits per heavy atom. The minimum absolute atomic E-state index is 0.112. The summed E-state index contributed by atoms with van der Waals surface area (Å²) in [6.45, 7) is 2.88. The van der Waals surface area contributed by atoms with Gasteiger partial charge in [0.2, 0.25) is 0 Å². The molecule has 5 heterocycles. The van der Waals surface area contributed by atoms with Gasteiger partial charge in [-0.15, -0.1) is 0 Å².